The van der Waals surface area contributed by atoms with Crippen molar-refractivity contribution in [3.63, 3.8) is 0 Å². The lowest BCUT2D eigenvalue weighted by Crippen LogP contribution is -2.25. The van der Waals surface area contributed by atoms with E-state index >= 15 is 0 Å². The van der Waals surface area contributed by atoms with Crippen LogP contribution in [0.2, 0.25) is 5.02 Å². The maximum Gasteiger partial charge on any atom is 0.142 e. The molecule has 0 heterocycles. The lowest BCUT2D eigenvalue weighted by Gasteiger charge is -2.37. The molecule has 2 heteroatoms. The van der Waals surface area contributed by atoms with E-state index in [1.165, 1.54) is 57.8 Å². The fourth-order valence-corrected chi connectivity index (χ4v) is 4.98. The van der Waals surface area contributed by atoms with E-state index in [1.807, 2.05) is 6.07 Å². The van der Waals surface area contributed by atoms with Gasteiger partial charge in [-0.25, -0.2) is 4.39 Å². The number of aryl methyl sites for hydroxylation is 1. The average Bonchev–Trinajstić information content (AvgIpc) is 2.63. The molecule has 132 valence electrons. The normalized spacial score (nSPS) is 30.9. The highest BCUT2D eigenvalue weighted by Crippen LogP contribution is 2.42. The van der Waals surface area contributed by atoms with Gasteiger partial charge in [0.15, 0.2) is 0 Å². The quantitative estimate of drug-likeness (QED) is 0.493. The number of halogens is 2. The van der Waals surface area contributed by atoms with Crippen molar-refractivity contribution >= 4 is 11.6 Å². The molecule has 0 N–H and O–H groups in total. The number of allylic oxidation sites excluding steroid dienone is 1. The fraction of sp³-hybridized carbons (Fsp3) is 0.636. The summed E-state index contributed by atoms with van der Waals surface area (Å²) in [7, 11) is 0. The largest absolute Gasteiger partial charge is 0.205 e. The topological polar surface area (TPSA) is 0 Å². The van der Waals surface area contributed by atoms with Gasteiger partial charge >= 0.3 is 0 Å². The van der Waals surface area contributed by atoms with E-state index in [1.54, 1.807) is 12.1 Å². The van der Waals surface area contributed by atoms with Crippen LogP contribution in [0.25, 0.3) is 0 Å². The molecule has 0 amide bonds. The Bertz CT molecular complexity index is 537. The SMILES string of the molecule is C=C[C@H]1CC[C@H]([C@H]2CC[C@H](CCc3ccc(Cl)c(F)c3)CC2)CC1. The Morgan fingerprint density at radius 3 is 2.21 bits per heavy atom. The Morgan fingerprint density at radius 1 is 1.00 bits per heavy atom. The van der Waals surface area contributed by atoms with Crippen molar-refractivity contribution in [1.82, 2.24) is 0 Å². The molecule has 3 rings (SSSR count). The van der Waals surface area contributed by atoms with Gasteiger partial charge in [-0.3, -0.25) is 0 Å². The van der Waals surface area contributed by atoms with Crippen LogP contribution < -0.4 is 0 Å². The summed E-state index contributed by atoms with van der Waals surface area (Å²) in [6.45, 7) is 3.96. The van der Waals surface area contributed by atoms with Crippen molar-refractivity contribution in [3.05, 3.63) is 47.3 Å². The predicted octanol–water partition coefficient (Wildman–Crippen LogP) is 7.21. The summed E-state index contributed by atoms with van der Waals surface area (Å²) in [6.07, 6.45) is 15.4. The summed E-state index contributed by atoms with van der Waals surface area (Å²) in [4.78, 5) is 0. The van der Waals surface area contributed by atoms with E-state index in [0.29, 0.717) is 0 Å². The van der Waals surface area contributed by atoms with Crippen LogP contribution in [-0.4, -0.2) is 0 Å². The second-order valence-electron chi connectivity index (χ2n) is 7.98. The molecule has 0 aromatic heterocycles. The Kier molecular flexibility index (Phi) is 6.38. The van der Waals surface area contributed by atoms with E-state index in [0.717, 1.165) is 35.7 Å². The lowest BCUT2D eigenvalue weighted by atomic mass is 9.68. The van der Waals surface area contributed by atoms with Gasteiger partial charge in [-0.1, -0.05) is 36.6 Å². The lowest BCUT2D eigenvalue weighted by molar-refractivity contribution is 0.153. The number of benzene rings is 1. The fourth-order valence-electron chi connectivity index (χ4n) is 4.87. The van der Waals surface area contributed by atoms with E-state index in [2.05, 4.69) is 12.7 Å². The molecule has 0 bridgehead atoms. The molecule has 24 heavy (non-hydrogen) atoms. The van der Waals surface area contributed by atoms with Gasteiger partial charge in [-0.05, 0) is 92.7 Å². The van der Waals surface area contributed by atoms with Crippen LogP contribution in [0.5, 0.6) is 0 Å². The highest BCUT2D eigenvalue weighted by molar-refractivity contribution is 6.30. The second-order valence-corrected chi connectivity index (χ2v) is 8.39. The van der Waals surface area contributed by atoms with Gasteiger partial charge in [0, 0.05) is 0 Å². The van der Waals surface area contributed by atoms with Crippen LogP contribution in [-0.2, 0) is 6.42 Å². The first-order chi connectivity index (χ1) is 11.7. The third-order valence-corrected chi connectivity index (χ3v) is 6.84. The molecular formula is C22H30ClF. The van der Waals surface area contributed by atoms with Gasteiger partial charge in [-0.15, -0.1) is 6.58 Å². The number of hydrogen-bond donors (Lipinski definition) is 0. The third-order valence-electron chi connectivity index (χ3n) is 6.53. The van der Waals surface area contributed by atoms with Gasteiger partial charge in [-0.2, -0.15) is 0 Å². The van der Waals surface area contributed by atoms with Gasteiger partial charge in [0.25, 0.3) is 0 Å². The van der Waals surface area contributed by atoms with Gasteiger partial charge < -0.3 is 0 Å². The molecule has 2 saturated carbocycles. The molecule has 0 saturated heterocycles. The summed E-state index contributed by atoms with van der Waals surface area (Å²) in [6, 6.07) is 5.25. The van der Waals surface area contributed by atoms with Crippen LogP contribution in [0.3, 0.4) is 0 Å². The maximum atomic E-state index is 13.5. The minimum absolute atomic E-state index is 0.227. The van der Waals surface area contributed by atoms with Crippen LogP contribution in [0.15, 0.2) is 30.9 Å². The van der Waals surface area contributed by atoms with E-state index < -0.39 is 0 Å². The van der Waals surface area contributed by atoms with Crippen LogP contribution in [0.4, 0.5) is 4.39 Å². The summed E-state index contributed by atoms with van der Waals surface area (Å²) >= 11 is 5.76. The van der Waals surface area contributed by atoms with Crippen molar-refractivity contribution in [1.29, 1.82) is 0 Å². The Balaban J connectivity index is 1.40. The monoisotopic (exact) mass is 348 g/mol. The van der Waals surface area contributed by atoms with E-state index in [4.69, 9.17) is 11.6 Å². The molecular weight excluding hydrogens is 319 g/mol. The average molecular weight is 349 g/mol. The number of rotatable bonds is 5. The molecule has 2 fully saturated rings. The first kappa shape index (κ1) is 18.0. The van der Waals surface area contributed by atoms with Crippen LogP contribution in [0.1, 0.15) is 63.4 Å². The summed E-state index contributed by atoms with van der Waals surface area (Å²) in [5.41, 5.74) is 1.08. The van der Waals surface area contributed by atoms with E-state index in [9.17, 15) is 4.39 Å². The third kappa shape index (κ3) is 4.63. The zero-order chi connectivity index (χ0) is 16.9. The molecule has 0 nitrogen and oxygen atoms in total. The highest BCUT2D eigenvalue weighted by Gasteiger charge is 2.30. The zero-order valence-electron chi connectivity index (χ0n) is 14.7. The maximum absolute atomic E-state index is 13.5. The number of hydrogen-bond acceptors (Lipinski definition) is 0. The highest BCUT2D eigenvalue weighted by atomic mass is 35.5. The summed E-state index contributed by atoms with van der Waals surface area (Å²) < 4.78 is 13.5. The molecule has 0 aliphatic heterocycles. The molecule has 2 aliphatic rings. The summed E-state index contributed by atoms with van der Waals surface area (Å²) in [5, 5.41) is 0.227. The zero-order valence-corrected chi connectivity index (χ0v) is 15.4. The Morgan fingerprint density at radius 2 is 1.62 bits per heavy atom. The molecule has 1 aromatic rings. The molecule has 1 aromatic carbocycles. The van der Waals surface area contributed by atoms with Crippen LogP contribution >= 0.6 is 11.6 Å². The first-order valence-electron chi connectivity index (χ1n) is 9.72. The van der Waals surface area contributed by atoms with Gasteiger partial charge in [0.2, 0.25) is 0 Å². The summed E-state index contributed by atoms with van der Waals surface area (Å²) in [5.74, 6) is 3.24. The Labute approximate surface area is 151 Å². The smallest absolute Gasteiger partial charge is 0.142 e. The van der Waals surface area contributed by atoms with Crippen molar-refractivity contribution < 1.29 is 4.39 Å². The van der Waals surface area contributed by atoms with Crippen molar-refractivity contribution in [2.24, 2.45) is 23.7 Å². The van der Waals surface area contributed by atoms with Gasteiger partial charge in [0.05, 0.1) is 5.02 Å². The van der Waals surface area contributed by atoms with Crippen LogP contribution in [0, 0.1) is 29.5 Å². The molecule has 0 spiro atoms. The minimum Gasteiger partial charge on any atom is -0.205 e. The predicted molar refractivity (Wildman–Crippen MR) is 101 cm³/mol. The van der Waals surface area contributed by atoms with Gasteiger partial charge in [0.1, 0.15) is 5.82 Å². The van der Waals surface area contributed by atoms with Crippen molar-refractivity contribution in [2.75, 3.05) is 0 Å². The molecule has 2 aliphatic carbocycles. The van der Waals surface area contributed by atoms with E-state index in [-0.39, 0.29) is 10.8 Å². The Hall–Kier alpha value is -0.820. The molecule has 0 unspecified atom stereocenters. The van der Waals surface area contributed by atoms with Crippen molar-refractivity contribution in [2.45, 2.75) is 64.2 Å². The molecule has 0 radical (unpaired) electrons. The second kappa shape index (κ2) is 8.52. The standard InChI is InChI=1S/C22H30ClF/c1-2-16-5-10-19(11-6-16)20-12-7-17(8-13-20)3-4-18-9-14-21(23)22(24)15-18/h2,9,14-17,19-20H,1,3-8,10-13H2/t16-,17-,19-,20-. The van der Waals surface area contributed by atoms with Crippen molar-refractivity contribution in [3.8, 4) is 0 Å². The minimum atomic E-state index is -0.284. The molecule has 0 atom stereocenters. The first-order valence-corrected chi connectivity index (χ1v) is 10.1.